The smallest absolute Gasteiger partial charge is 0.279 e. The highest BCUT2D eigenvalue weighted by molar-refractivity contribution is 6.16. The number of urea groups is 1. The van der Waals surface area contributed by atoms with Crippen molar-refractivity contribution in [3.05, 3.63) is 24.5 Å². The Hall–Kier alpha value is -1.91. The zero-order valence-electron chi connectivity index (χ0n) is 9.47. The minimum Gasteiger partial charge on any atom is -0.279 e. The second kappa shape index (κ2) is 3.30. The quantitative estimate of drug-likeness (QED) is 0.668. The number of imide groups is 1. The molecule has 0 radical (unpaired) electrons. The fourth-order valence-corrected chi connectivity index (χ4v) is 1.91. The van der Waals surface area contributed by atoms with Gasteiger partial charge in [0.25, 0.3) is 5.91 Å². The Kier molecular flexibility index (Phi) is 2.18. The van der Waals surface area contributed by atoms with Crippen molar-refractivity contribution in [2.75, 3.05) is 11.9 Å². The first kappa shape index (κ1) is 10.6. The molecule has 0 spiro atoms. The van der Waals surface area contributed by atoms with Crippen molar-refractivity contribution in [3.63, 3.8) is 0 Å². The minimum atomic E-state index is -0.840. The maximum Gasteiger partial charge on any atom is 0.331 e. The molecule has 0 saturated carbocycles. The maximum absolute atomic E-state index is 11.9. The van der Waals surface area contributed by atoms with Gasteiger partial charge in [0.1, 0.15) is 5.54 Å². The maximum atomic E-state index is 11.9. The second-order valence-corrected chi connectivity index (χ2v) is 4.25. The van der Waals surface area contributed by atoms with Gasteiger partial charge in [-0.25, -0.2) is 4.79 Å². The van der Waals surface area contributed by atoms with Gasteiger partial charge in [0, 0.05) is 25.1 Å². The van der Waals surface area contributed by atoms with Crippen LogP contribution in [0.4, 0.5) is 10.5 Å². The van der Waals surface area contributed by atoms with Crippen LogP contribution in [0.5, 0.6) is 0 Å². The number of hydrogen-bond donors (Lipinski definition) is 0. The van der Waals surface area contributed by atoms with Gasteiger partial charge in [0.2, 0.25) is 0 Å². The molecule has 2 heterocycles. The Morgan fingerprint density at radius 1 is 1.19 bits per heavy atom. The highest BCUT2D eigenvalue weighted by Gasteiger charge is 2.50. The van der Waals surface area contributed by atoms with Gasteiger partial charge in [-0.05, 0) is 26.0 Å². The van der Waals surface area contributed by atoms with E-state index in [1.165, 1.54) is 11.9 Å². The first-order valence-electron chi connectivity index (χ1n) is 4.98. The van der Waals surface area contributed by atoms with Crippen LogP contribution in [0.1, 0.15) is 13.8 Å². The van der Waals surface area contributed by atoms with E-state index < -0.39 is 5.54 Å². The summed E-state index contributed by atoms with van der Waals surface area (Å²) in [5, 5.41) is 0. The lowest BCUT2D eigenvalue weighted by molar-refractivity contribution is -0.128. The van der Waals surface area contributed by atoms with Crippen molar-refractivity contribution in [2.45, 2.75) is 19.4 Å². The third-order valence-corrected chi connectivity index (χ3v) is 2.79. The highest BCUT2D eigenvalue weighted by atomic mass is 16.2. The van der Waals surface area contributed by atoms with E-state index in [9.17, 15) is 9.59 Å². The van der Waals surface area contributed by atoms with Crippen molar-refractivity contribution in [1.82, 2.24) is 9.88 Å². The number of likely N-dealkylation sites (N-methyl/N-ethyl adjacent to an activating group) is 1. The predicted octanol–water partition coefficient (Wildman–Crippen LogP) is 1.26. The van der Waals surface area contributed by atoms with Gasteiger partial charge >= 0.3 is 6.03 Å². The van der Waals surface area contributed by atoms with Crippen LogP contribution in [0.2, 0.25) is 0 Å². The van der Waals surface area contributed by atoms with Gasteiger partial charge in [-0.3, -0.25) is 19.6 Å². The first-order valence-corrected chi connectivity index (χ1v) is 4.98. The van der Waals surface area contributed by atoms with Crippen LogP contribution in [-0.2, 0) is 4.79 Å². The zero-order valence-corrected chi connectivity index (χ0v) is 9.47. The number of carbonyl (C=O) groups is 2. The van der Waals surface area contributed by atoms with E-state index in [1.54, 1.807) is 38.4 Å². The van der Waals surface area contributed by atoms with E-state index in [0.29, 0.717) is 5.69 Å². The Morgan fingerprint density at radius 3 is 2.19 bits per heavy atom. The Balaban J connectivity index is 2.49. The Morgan fingerprint density at radius 2 is 1.75 bits per heavy atom. The average molecular weight is 219 g/mol. The van der Waals surface area contributed by atoms with Crippen LogP contribution >= 0.6 is 0 Å². The summed E-state index contributed by atoms with van der Waals surface area (Å²) < 4.78 is 0. The van der Waals surface area contributed by atoms with E-state index in [1.807, 2.05) is 0 Å². The second-order valence-electron chi connectivity index (χ2n) is 4.25. The molecule has 1 aromatic rings. The van der Waals surface area contributed by atoms with Crippen molar-refractivity contribution >= 4 is 17.6 Å². The van der Waals surface area contributed by atoms with Crippen LogP contribution in [-0.4, -0.2) is 34.4 Å². The monoisotopic (exact) mass is 219 g/mol. The van der Waals surface area contributed by atoms with Crippen LogP contribution < -0.4 is 4.90 Å². The number of hydrogen-bond acceptors (Lipinski definition) is 3. The molecule has 1 fully saturated rings. The summed E-state index contributed by atoms with van der Waals surface area (Å²) in [5.74, 6) is -0.200. The minimum absolute atomic E-state index is 0.200. The molecular formula is C11H13N3O2. The number of amides is 3. The largest absolute Gasteiger partial charge is 0.331 e. The molecule has 0 atom stereocenters. The summed E-state index contributed by atoms with van der Waals surface area (Å²) in [5.41, 5.74) is -0.157. The first-order chi connectivity index (χ1) is 7.46. The lowest BCUT2D eigenvalue weighted by Gasteiger charge is -2.27. The van der Waals surface area contributed by atoms with Gasteiger partial charge in [-0.1, -0.05) is 0 Å². The standard InChI is InChI=1S/C11H13N3O2/c1-11(2)9(15)13(3)10(16)14(11)8-4-6-12-7-5-8/h4-7H,1-3H3. The van der Waals surface area contributed by atoms with E-state index in [-0.39, 0.29) is 11.9 Å². The fourth-order valence-electron chi connectivity index (χ4n) is 1.91. The summed E-state index contributed by atoms with van der Waals surface area (Å²) >= 11 is 0. The molecule has 0 aliphatic carbocycles. The van der Waals surface area contributed by atoms with Crippen LogP contribution in [0.15, 0.2) is 24.5 Å². The van der Waals surface area contributed by atoms with Crippen molar-refractivity contribution in [2.24, 2.45) is 0 Å². The van der Waals surface area contributed by atoms with E-state index in [4.69, 9.17) is 0 Å². The molecule has 3 amide bonds. The summed E-state index contributed by atoms with van der Waals surface area (Å²) in [4.78, 5) is 30.3. The van der Waals surface area contributed by atoms with E-state index in [0.717, 1.165) is 4.90 Å². The van der Waals surface area contributed by atoms with Gasteiger partial charge in [-0.15, -0.1) is 0 Å². The Labute approximate surface area is 93.7 Å². The lowest BCUT2D eigenvalue weighted by atomic mass is 10.0. The molecule has 0 unspecified atom stereocenters. The molecule has 5 nitrogen and oxygen atoms in total. The number of aromatic nitrogens is 1. The molecule has 84 valence electrons. The van der Waals surface area contributed by atoms with E-state index >= 15 is 0 Å². The van der Waals surface area contributed by atoms with Crippen LogP contribution in [0, 0.1) is 0 Å². The van der Waals surface area contributed by atoms with Crippen molar-refractivity contribution in [3.8, 4) is 0 Å². The number of anilines is 1. The molecule has 1 aliphatic heterocycles. The molecule has 0 N–H and O–H groups in total. The molecule has 5 heteroatoms. The van der Waals surface area contributed by atoms with Gasteiger partial charge < -0.3 is 0 Å². The normalized spacial score (nSPS) is 19.4. The molecule has 2 rings (SSSR count). The molecule has 16 heavy (non-hydrogen) atoms. The van der Waals surface area contributed by atoms with Gasteiger partial charge in [0.15, 0.2) is 0 Å². The lowest BCUT2D eigenvalue weighted by Crippen LogP contribution is -2.44. The molecule has 1 aromatic heterocycles. The summed E-state index contributed by atoms with van der Waals surface area (Å²) in [6, 6.07) is 3.12. The molecule has 0 aromatic carbocycles. The van der Waals surface area contributed by atoms with E-state index in [2.05, 4.69) is 4.98 Å². The number of nitrogens with zero attached hydrogens (tertiary/aromatic N) is 3. The zero-order chi connectivity index (χ0) is 11.9. The number of pyridine rings is 1. The van der Waals surface area contributed by atoms with Crippen molar-refractivity contribution < 1.29 is 9.59 Å². The molecule has 1 aliphatic rings. The van der Waals surface area contributed by atoms with Crippen LogP contribution in [0.3, 0.4) is 0 Å². The summed E-state index contributed by atoms with van der Waals surface area (Å²) in [6.07, 6.45) is 3.20. The molecule has 0 bridgehead atoms. The third kappa shape index (κ3) is 1.28. The topological polar surface area (TPSA) is 53.5 Å². The fraction of sp³-hybridized carbons (Fsp3) is 0.364. The predicted molar refractivity (Wildman–Crippen MR) is 59.0 cm³/mol. The molecular weight excluding hydrogens is 206 g/mol. The summed E-state index contributed by atoms with van der Waals surface area (Å²) in [6.45, 7) is 3.47. The number of rotatable bonds is 1. The SMILES string of the molecule is CN1C(=O)N(c2ccncc2)C(C)(C)C1=O. The van der Waals surface area contributed by atoms with Gasteiger partial charge in [0.05, 0.1) is 0 Å². The summed E-state index contributed by atoms with van der Waals surface area (Å²) in [7, 11) is 1.49. The van der Waals surface area contributed by atoms with Gasteiger partial charge in [-0.2, -0.15) is 0 Å². The highest BCUT2D eigenvalue weighted by Crippen LogP contribution is 2.31. The average Bonchev–Trinajstić information content (AvgIpc) is 2.41. The number of carbonyl (C=O) groups excluding carboxylic acids is 2. The third-order valence-electron chi connectivity index (χ3n) is 2.79. The van der Waals surface area contributed by atoms with Crippen molar-refractivity contribution in [1.29, 1.82) is 0 Å². The Bertz CT molecular complexity index is 442. The molecule has 1 saturated heterocycles. The van der Waals surface area contributed by atoms with Crippen LogP contribution in [0.25, 0.3) is 0 Å².